The molecule has 29 heavy (non-hydrogen) atoms. The van der Waals surface area contributed by atoms with Crippen LogP contribution >= 0.6 is 0 Å². The molecule has 0 saturated carbocycles. The monoisotopic (exact) mass is 410 g/mol. The van der Waals surface area contributed by atoms with Crippen LogP contribution in [0.2, 0.25) is 0 Å². The Morgan fingerprint density at radius 3 is 2.52 bits per heavy atom. The van der Waals surface area contributed by atoms with E-state index in [9.17, 15) is 18.0 Å². The van der Waals surface area contributed by atoms with Gasteiger partial charge in [0.15, 0.2) is 11.2 Å². The van der Waals surface area contributed by atoms with Gasteiger partial charge in [-0.25, -0.2) is 4.98 Å². The lowest BCUT2D eigenvalue weighted by Gasteiger charge is -2.26. The highest BCUT2D eigenvalue weighted by Gasteiger charge is 2.31. The lowest BCUT2D eigenvalue weighted by Crippen LogP contribution is -2.39. The fraction of sp³-hybridized carbons (Fsp3) is 0.412. The molecular formula is C17H17F3N6O3. The molecule has 1 aliphatic rings. The Balaban J connectivity index is 1.54. The molecular weight excluding hydrogens is 393 g/mol. The van der Waals surface area contributed by atoms with Crippen LogP contribution < -0.4 is 10.3 Å². The Labute approximate surface area is 162 Å². The Morgan fingerprint density at radius 1 is 1.10 bits per heavy atom. The molecule has 3 aromatic rings. The Kier molecular flexibility index (Phi) is 5.20. The lowest BCUT2D eigenvalue weighted by molar-refractivity contribution is -0.274. The van der Waals surface area contributed by atoms with Crippen molar-refractivity contribution in [1.82, 2.24) is 29.4 Å². The van der Waals surface area contributed by atoms with E-state index in [4.69, 9.17) is 4.74 Å². The van der Waals surface area contributed by atoms with Gasteiger partial charge in [0.25, 0.3) is 5.56 Å². The maximum absolute atomic E-state index is 12.7. The van der Waals surface area contributed by atoms with Gasteiger partial charge in [-0.1, -0.05) is 5.21 Å². The fourth-order valence-electron chi connectivity index (χ4n) is 3.04. The second-order valence-corrected chi connectivity index (χ2v) is 6.41. The molecule has 0 aliphatic carbocycles. The fourth-order valence-corrected chi connectivity index (χ4v) is 3.04. The summed E-state index contributed by atoms with van der Waals surface area (Å²) in [5.74, 6) is -0.357. The van der Waals surface area contributed by atoms with E-state index in [0.717, 1.165) is 25.2 Å². The molecule has 0 N–H and O–H groups in total. The van der Waals surface area contributed by atoms with Crippen molar-refractivity contribution in [3.05, 3.63) is 40.9 Å². The number of halogens is 3. The Hall–Kier alpha value is -2.99. The van der Waals surface area contributed by atoms with Crippen LogP contribution in [0.3, 0.4) is 0 Å². The van der Waals surface area contributed by atoms with Crippen LogP contribution in [-0.2, 0) is 11.3 Å². The number of morpholine rings is 1. The summed E-state index contributed by atoms with van der Waals surface area (Å²) in [5, 5.41) is 7.83. The summed E-state index contributed by atoms with van der Waals surface area (Å²) in [6, 6.07) is 5.06. The van der Waals surface area contributed by atoms with E-state index in [1.165, 1.54) is 27.7 Å². The zero-order valence-corrected chi connectivity index (χ0v) is 15.2. The molecule has 4 rings (SSSR count). The molecule has 0 atom stereocenters. The molecule has 0 bridgehead atoms. The number of nitrogens with zero attached hydrogens (tertiary/aromatic N) is 6. The topological polar surface area (TPSA) is 87.3 Å². The van der Waals surface area contributed by atoms with Crippen LogP contribution in [0.15, 0.2) is 35.4 Å². The molecule has 0 amide bonds. The van der Waals surface area contributed by atoms with Crippen LogP contribution in [0.4, 0.5) is 13.2 Å². The van der Waals surface area contributed by atoms with Crippen molar-refractivity contribution < 1.29 is 22.6 Å². The van der Waals surface area contributed by atoms with Gasteiger partial charge in [-0.05, 0) is 24.3 Å². The van der Waals surface area contributed by atoms with E-state index in [2.05, 4.69) is 24.9 Å². The van der Waals surface area contributed by atoms with Crippen LogP contribution in [-0.4, -0.2) is 68.7 Å². The van der Waals surface area contributed by atoms with E-state index >= 15 is 0 Å². The summed E-state index contributed by atoms with van der Waals surface area (Å²) in [7, 11) is 0. The average molecular weight is 410 g/mol. The highest BCUT2D eigenvalue weighted by molar-refractivity contribution is 5.70. The number of benzene rings is 1. The van der Waals surface area contributed by atoms with Gasteiger partial charge in [-0.3, -0.25) is 14.3 Å². The minimum atomic E-state index is -4.77. The van der Waals surface area contributed by atoms with Crippen molar-refractivity contribution in [2.24, 2.45) is 0 Å². The number of hydrogen-bond donors (Lipinski definition) is 0. The minimum Gasteiger partial charge on any atom is -0.406 e. The Morgan fingerprint density at radius 2 is 1.83 bits per heavy atom. The van der Waals surface area contributed by atoms with Gasteiger partial charge >= 0.3 is 6.36 Å². The van der Waals surface area contributed by atoms with E-state index in [-0.39, 0.29) is 22.5 Å². The summed E-state index contributed by atoms with van der Waals surface area (Å²) in [6.07, 6.45) is -3.35. The van der Waals surface area contributed by atoms with Crippen molar-refractivity contribution in [1.29, 1.82) is 0 Å². The Bertz CT molecular complexity index is 1040. The molecule has 2 aromatic heterocycles. The first kappa shape index (κ1) is 19.3. The molecule has 1 saturated heterocycles. The SMILES string of the molecule is O=c1c2nnn(-c3ccc(OC(F)(F)F)cc3)c2ncn1CCN1CCOCC1. The first-order valence-electron chi connectivity index (χ1n) is 8.88. The second kappa shape index (κ2) is 7.79. The molecule has 0 spiro atoms. The van der Waals surface area contributed by atoms with Crippen LogP contribution in [0.25, 0.3) is 16.9 Å². The highest BCUT2D eigenvalue weighted by Crippen LogP contribution is 2.24. The van der Waals surface area contributed by atoms with Gasteiger partial charge in [-0.2, -0.15) is 4.68 Å². The quantitative estimate of drug-likeness (QED) is 0.625. The predicted molar refractivity (Wildman–Crippen MR) is 94.9 cm³/mol. The first-order valence-corrected chi connectivity index (χ1v) is 8.88. The molecule has 1 aromatic carbocycles. The van der Waals surface area contributed by atoms with Gasteiger partial charge in [-0.15, -0.1) is 18.3 Å². The summed E-state index contributed by atoms with van der Waals surface area (Å²) < 4.78 is 48.8. The molecule has 1 aliphatic heterocycles. The number of hydrogen-bond acceptors (Lipinski definition) is 7. The van der Waals surface area contributed by atoms with Crippen molar-refractivity contribution >= 4 is 11.2 Å². The third kappa shape index (κ3) is 4.38. The van der Waals surface area contributed by atoms with E-state index in [1.807, 2.05) is 0 Å². The zero-order chi connectivity index (χ0) is 20.4. The van der Waals surface area contributed by atoms with E-state index in [1.54, 1.807) is 0 Å². The predicted octanol–water partition coefficient (Wildman–Crippen LogP) is 1.21. The number of rotatable bonds is 5. The molecule has 0 unspecified atom stereocenters. The molecule has 154 valence electrons. The molecule has 0 radical (unpaired) electrons. The van der Waals surface area contributed by atoms with Crippen molar-refractivity contribution in [3.8, 4) is 11.4 Å². The lowest BCUT2D eigenvalue weighted by atomic mass is 10.3. The maximum Gasteiger partial charge on any atom is 0.573 e. The van der Waals surface area contributed by atoms with Crippen molar-refractivity contribution in [2.45, 2.75) is 12.9 Å². The maximum atomic E-state index is 12.7. The molecule has 1 fully saturated rings. The number of fused-ring (bicyclic) bond motifs is 1. The van der Waals surface area contributed by atoms with Crippen LogP contribution in [0, 0.1) is 0 Å². The van der Waals surface area contributed by atoms with Gasteiger partial charge < -0.3 is 9.47 Å². The number of aromatic nitrogens is 5. The van der Waals surface area contributed by atoms with Crippen molar-refractivity contribution in [2.75, 3.05) is 32.8 Å². The summed E-state index contributed by atoms with van der Waals surface area (Å²) in [5.41, 5.74) is 0.388. The third-order valence-electron chi connectivity index (χ3n) is 4.51. The van der Waals surface area contributed by atoms with Gasteiger partial charge in [0.1, 0.15) is 12.1 Å². The van der Waals surface area contributed by atoms with Gasteiger partial charge in [0.2, 0.25) is 0 Å². The normalized spacial score (nSPS) is 15.7. The first-order chi connectivity index (χ1) is 13.9. The van der Waals surface area contributed by atoms with Crippen LogP contribution in [0.1, 0.15) is 0 Å². The van der Waals surface area contributed by atoms with Crippen molar-refractivity contribution in [3.63, 3.8) is 0 Å². The number of ether oxygens (including phenoxy) is 2. The standard InChI is InChI=1S/C17H17F3N6O3/c18-17(19,20)29-13-3-1-12(2-4-13)26-15-14(22-23-26)16(27)25(11-21-15)6-5-24-7-9-28-10-8-24/h1-4,11H,5-10H2. The van der Waals surface area contributed by atoms with Gasteiger partial charge in [0.05, 0.1) is 18.9 Å². The highest BCUT2D eigenvalue weighted by atomic mass is 19.4. The third-order valence-corrected chi connectivity index (χ3v) is 4.51. The molecule has 12 heteroatoms. The second-order valence-electron chi connectivity index (χ2n) is 6.41. The largest absolute Gasteiger partial charge is 0.573 e. The summed E-state index contributed by atoms with van der Waals surface area (Å²) >= 11 is 0. The molecule has 9 nitrogen and oxygen atoms in total. The van der Waals surface area contributed by atoms with Crippen LogP contribution in [0.5, 0.6) is 5.75 Å². The van der Waals surface area contributed by atoms with Gasteiger partial charge in [0, 0.05) is 26.2 Å². The van der Waals surface area contributed by atoms with E-state index in [0.29, 0.717) is 32.0 Å². The summed E-state index contributed by atoms with van der Waals surface area (Å²) in [6.45, 7) is 4.12. The smallest absolute Gasteiger partial charge is 0.406 e. The molecule has 3 heterocycles. The average Bonchev–Trinajstić information content (AvgIpc) is 3.13. The zero-order valence-electron chi connectivity index (χ0n) is 15.2. The minimum absolute atomic E-state index is 0.0881. The summed E-state index contributed by atoms with van der Waals surface area (Å²) in [4.78, 5) is 19.1. The number of alkyl halides is 3. The van der Waals surface area contributed by atoms with E-state index < -0.39 is 6.36 Å².